The van der Waals surface area contributed by atoms with Gasteiger partial charge in [0.05, 0.1) is 18.9 Å². The second-order valence-corrected chi connectivity index (χ2v) is 6.08. The number of benzene rings is 1. The van der Waals surface area contributed by atoms with Crippen molar-refractivity contribution in [1.82, 2.24) is 4.90 Å². The standard InChI is InChI=1S/C15H20N2O/c1-15(2,3)13-10-18-14-9-16(11-17(13)14)12-7-5-4-6-8-12/h4-9,13H,10-11H2,1-3H3/t13-/m1/s1. The average Bonchev–Trinajstić information content (AvgIpc) is 2.87. The Morgan fingerprint density at radius 2 is 1.89 bits per heavy atom. The number of para-hydroxylation sites is 1. The maximum absolute atomic E-state index is 5.81. The van der Waals surface area contributed by atoms with E-state index in [4.69, 9.17) is 4.74 Å². The summed E-state index contributed by atoms with van der Waals surface area (Å²) in [6.07, 6.45) is 2.11. The van der Waals surface area contributed by atoms with E-state index < -0.39 is 0 Å². The Kier molecular flexibility index (Phi) is 2.51. The molecule has 1 saturated heterocycles. The van der Waals surface area contributed by atoms with Crippen LogP contribution in [0.3, 0.4) is 0 Å². The van der Waals surface area contributed by atoms with E-state index in [1.807, 2.05) is 6.07 Å². The normalized spacial score (nSPS) is 22.8. The molecule has 0 amide bonds. The van der Waals surface area contributed by atoms with Crippen LogP contribution in [0.25, 0.3) is 0 Å². The summed E-state index contributed by atoms with van der Waals surface area (Å²) < 4.78 is 5.81. The first-order valence-electron chi connectivity index (χ1n) is 6.49. The monoisotopic (exact) mass is 244 g/mol. The van der Waals surface area contributed by atoms with Gasteiger partial charge >= 0.3 is 0 Å². The van der Waals surface area contributed by atoms with Crippen molar-refractivity contribution >= 4 is 5.69 Å². The fourth-order valence-corrected chi connectivity index (χ4v) is 2.60. The van der Waals surface area contributed by atoms with Crippen LogP contribution in [0, 0.1) is 5.41 Å². The predicted octanol–water partition coefficient (Wildman–Crippen LogP) is 3.01. The van der Waals surface area contributed by atoms with Gasteiger partial charge in [0.15, 0.2) is 0 Å². The van der Waals surface area contributed by atoms with Gasteiger partial charge in [0.2, 0.25) is 5.88 Å². The average molecular weight is 244 g/mol. The summed E-state index contributed by atoms with van der Waals surface area (Å²) in [5, 5.41) is 0. The van der Waals surface area contributed by atoms with Crippen molar-refractivity contribution in [2.24, 2.45) is 5.41 Å². The van der Waals surface area contributed by atoms with Gasteiger partial charge in [0, 0.05) is 5.69 Å². The first kappa shape index (κ1) is 11.5. The summed E-state index contributed by atoms with van der Waals surface area (Å²) in [7, 11) is 0. The molecule has 3 nitrogen and oxygen atoms in total. The predicted molar refractivity (Wildman–Crippen MR) is 72.9 cm³/mol. The number of ether oxygens (including phenoxy) is 1. The van der Waals surface area contributed by atoms with Gasteiger partial charge in [0.1, 0.15) is 6.61 Å². The highest BCUT2D eigenvalue weighted by molar-refractivity contribution is 5.50. The lowest BCUT2D eigenvalue weighted by Gasteiger charge is -2.33. The maximum Gasteiger partial charge on any atom is 0.208 e. The van der Waals surface area contributed by atoms with Crippen LogP contribution in [0.2, 0.25) is 0 Å². The van der Waals surface area contributed by atoms with Crippen LogP contribution in [0.15, 0.2) is 42.4 Å². The minimum atomic E-state index is 0.238. The molecule has 1 atom stereocenters. The highest BCUT2D eigenvalue weighted by atomic mass is 16.5. The summed E-state index contributed by atoms with van der Waals surface area (Å²) in [6.45, 7) is 8.51. The molecule has 0 N–H and O–H groups in total. The Morgan fingerprint density at radius 1 is 1.17 bits per heavy atom. The van der Waals surface area contributed by atoms with Crippen molar-refractivity contribution in [1.29, 1.82) is 0 Å². The quantitative estimate of drug-likeness (QED) is 0.755. The van der Waals surface area contributed by atoms with Gasteiger partial charge in [-0.1, -0.05) is 39.0 Å². The Hall–Kier alpha value is -1.64. The topological polar surface area (TPSA) is 15.7 Å². The van der Waals surface area contributed by atoms with Crippen molar-refractivity contribution < 1.29 is 4.74 Å². The van der Waals surface area contributed by atoms with Crippen molar-refractivity contribution in [2.45, 2.75) is 26.8 Å². The lowest BCUT2D eigenvalue weighted by Crippen LogP contribution is -2.42. The van der Waals surface area contributed by atoms with E-state index in [0.717, 1.165) is 19.2 Å². The first-order chi connectivity index (χ1) is 8.55. The van der Waals surface area contributed by atoms with Crippen LogP contribution >= 0.6 is 0 Å². The van der Waals surface area contributed by atoms with Gasteiger partial charge in [-0.3, -0.25) is 0 Å². The molecule has 2 heterocycles. The molecule has 0 aromatic heterocycles. The van der Waals surface area contributed by atoms with Gasteiger partial charge in [-0.25, -0.2) is 0 Å². The van der Waals surface area contributed by atoms with Crippen molar-refractivity contribution in [3.63, 3.8) is 0 Å². The molecule has 2 aliphatic rings. The summed E-state index contributed by atoms with van der Waals surface area (Å²) in [5.41, 5.74) is 1.46. The highest BCUT2D eigenvalue weighted by Gasteiger charge is 2.41. The second-order valence-electron chi connectivity index (χ2n) is 6.08. The van der Waals surface area contributed by atoms with Gasteiger partial charge in [-0.15, -0.1) is 0 Å². The lowest BCUT2D eigenvalue weighted by atomic mass is 9.87. The second kappa shape index (κ2) is 3.94. The fourth-order valence-electron chi connectivity index (χ4n) is 2.60. The molecule has 18 heavy (non-hydrogen) atoms. The molecule has 3 rings (SSSR count). The molecule has 0 unspecified atom stereocenters. The van der Waals surface area contributed by atoms with Gasteiger partial charge in [-0.2, -0.15) is 0 Å². The van der Waals surface area contributed by atoms with E-state index in [2.05, 4.69) is 61.0 Å². The summed E-state index contributed by atoms with van der Waals surface area (Å²) >= 11 is 0. The van der Waals surface area contributed by atoms with Crippen LogP contribution < -0.4 is 4.90 Å². The first-order valence-corrected chi connectivity index (χ1v) is 6.49. The molecule has 0 spiro atoms. The largest absolute Gasteiger partial charge is 0.476 e. The molecule has 96 valence electrons. The lowest BCUT2D eigenvalue weighted by molar-refractivity contribution is 0.176. The third kappa shape index (κ3) is 1.84. The Morgan fingerprint density at radius 3 is 2.56 bits per heavy atom. The van der Waals surface area contributed by atoms with Crippen molar-refractivity contribution in [3.05, 3.63) is 42.4 Å². The van der Waals surface area contributed by atoms with Crippen LogP contribution in [-0.4, -0.2) is 24.2 Å². The van der Waals surface area contributed by atoms with Gasteiger partial charge in [0.25, 0.3) is 0 Å². The smallest absolute Gasteiger partial charge is 0.208 e. The Balaban J connectivity index is 1.82. The Labute approximate surface area is 109 Å². The molecule has 1 aromatic rings. The summed E-state index contributed by atoms with van der Waals surface area (Å²) in [4.78, 5) is 4.61. The molecule has 0 radical (unpaired) electrons. The van der Waals surface area contributed by atoms with Crippen LogP contribution in [0.4, 0.5) is 5.69 Å². The number of nitrogens with zero attached hydrogens (tertiary/aromatic N) is 2. The van der Waals surface area contributed by atoms with Crippen LogP contribution in [0.5, 0.6) is 0 Å². The molecular formula is C15H20N2O. The molecular weight excluding hydrogens is 224 g/mol. The number of hydrogen-bond acceptors (Lipinski definition) is 3. The van der Waals surface area contributed by atoms with E-state index in [0.29, 0.717) is 6.04 Å². The maximum atomic E-state index is 5.81. The molecule has 0 bridgehead atoms. The number of rotatable bonds is 1. The number of hydrogen-bond donors (Lipinski definition) is 0. The zero-order valence-corrected chi connectivity index (χ0v) is 11.3. The third-order valence-corrected chi connectivity index (χ3v) is 3.71. The van der Waals surface area contributed by atoms with Crippen LogP contribution in [-0.2, 0) is 4.74 Å². The van der Waals surface area contributed by atoms with E-state index in [9.17, 15) is 0 Å². The molecule has 0 aliphatic carbocycles. The molecule has 1 fully saturated rings. The van der Waals surface area contributed by atoms with Gasteiger partial charge < -0.3 is 14.5 Å². The molecule has 0 saturated carbocycles. The molecule has 3 heteroatoms. The minimum Gasteiger partial charge on any atom is -0.476 e. The minimum absolute atomic E-state index is 0.238. The Bertz CT molecular complexity index is 461. The highest BCUT2D eigenvalue weighted by Crippen LogP contribution is 2.37. The SMILES string of the molecule is CC(C)(C)[C@H]1COC2=CN(c3ccccc3)CN21. The van der Waals surface area contributed by atoms with Gasteiger partial charge in [-0.05, 0) is 17.5 Å². The number of anilines is 1. The molecule has 1 aromatic carbocycles. The van der Waals surface area contributed by atoms with E-state index in [-0.39, 0.29) is 5.41 Å². The van der Waals surface area contributed by atoms with E-state index in [1.165, 1.54) is 5.69 Å². The zero-order chi connectivity index (χ0) is 12.8. The van der Waals surface area contributed by atoms with Crippen LogP contribution in [0.1, 0.15) is 20.8 Å². The summed E-state index contributed by atoms with van der Waals surface area (Å²) in [5.74, 6) is 1.01. The van der Waals surface area contributed by atoms with E-state index in [1.54, 1.807) is 0 Å². The summed E-state index contributed by atoms with van der Waals surface area (Å²) in [6, 6.07) is 10.9. The molecule has 2 aliphatic heterocycles. The number of fused-ring (bicyclic) bond motifs is 1. The fraction of sp³-hybridized carbons (Fsp3) is 0.467. The third-order valence-electron chi connectivity index (χ3n) is 3.71. The van der Waals surface area contributed by atoms with Crippen molar-refractivity contribution in [2.75, 3.05) is 18.2 Å². The van der Waals surface area contributed by atoms with E-state index >= 15 is 0 Å². The van der Waals surface area contributed by atoms with Crippen molar-refractivity contribution in [3.8, 4) is 0 Å². The zero-order valence-electron chi connectivity index (χ0n) is 11.3.